The second kappa shape index (κ2) is 12.5. The van der Waals surface area contributed by atoms with Gasteiger partial charge in [0.05, 0.1) is 35.2 Å². The summed E-state index contributed by atoms with van der Waals surface area (Å²) in [7, 11) is 1.56. The molecule has 0 spiro atoms. The second-order valence-electron chi connectivity index (χ2n) is 11.0. The lowest BCUT2D eigenvalue weighted by Crippen LogP contribution is -2.34. The Kier molecular flexibility index (Phi) is 9.00. The number of carbonyl (C=O) groups is 2. The fourth-order valence-corrected chi connectivity index (χ4v) is 7.42. The number of hydrogen-bond donors (Lipinski definition) is 1. The van der Waals surface area contributed by atoms with Crippen molar-refractivity contribution in [1.29, 1.82) is 0 Å². The SMILES string of the molecule is CCCC1=C2[C@@H](CC/C(=C/c3cc(I)c(O)c(OC)c3)c3ccccc3)OC[C@@H]2[C@@H]2C(=O)N(CCC)C(=O)[C@@H]2C1. The van der Waals surface area contributed by atoms with Crippen LogP contribution in [0.15, 0.2) is 53.6 Å². The molecule has 0 bridgehead atoms. The first-order chi connectivity index (χ1) is 19.4. The minimum Gasteiger partial charge on any atom is -0.504 e. The van der Waals surface area contributed by atoms with Crippen molar-refractivity contribution in [2.75, 3.05) is 20.3 Å². The van der Waals surface area contributed by atoms with Crippen LogP contribution < -0.4 is 4.74 Å². The number of fused-ring (bicyclic) bond motifs is 3. The summed E-state index contributed by atoms with van der Waals surface area (Å²) in [5.41, 5.74) is 5.89. The number of ether oxygens (including phenoxy) is 2. The van der Waals surface area contributed by atoms with E-state index in [1.165, 1.54) is 21.6 Å². The highest BCUT2D eigenvalue weighted by molar-refractivity contribution is 14.1. The van der Waals surface area contributed by atoms with Gasteiger partial charge in [-0.15, -0.1) is 0 Å². The first-order valence-corrected chi connectivity index (χ1v) is 15.5. The summed E-state index contributed by atoms with van der Waals surface area (Å²) in [5, 5.41) is 10.3. The van der Waals surface area contributed by atoms with Gasteiger partial charge in [0.25, 0.3) is 0 Å². The van der Waals surface area contributed by atoms with Crippen molar-refractivity contribution in [2.45, 2.75) is 58.5 Å². The van der Waals surface area contributed by atoms with Crippen LogP contribution in [-0.4, -0.2) is 48.2 Å². The van der Waals surface area contributed by atoms with Gasteiger partial charge in [-0.1, -0.05) is 62.2 Å². The molecule has 1 N–H and O–H groups in total. The smallest absolute Gasteiger partial charge is 0.233 e. The van der Waals surface area contributed by atoms with E-state index in [4.69, 9.17) is 9.47 Å². The molecule has 0 radical (unpaired) electrons. The van der Waals surface area contributed by atoms with E-state index in [1.807, 2.05) is 37.3 Å². The maximum absolute atomic E-state index is 13.4. The Morgan fingerprint density at radius 2 is 1.90 bits per heavy atom. The normalized spacial score (nSPS) is 24.5. The highest BCUT2D eigenvalue weighted by Crippen LogP contribution is 2.51. The van der Waals surface area contributed by atoms with E-state index in [2.05, 4.69) is 47.7 Å². The number of allylic oxidation sites excluding steroid dienone is 2. The molecule has 2 amide bonds. The van der Waals surface area contributed by atoms with E-state index >= 15 is 0 Å². The highest BCUT2D eigenvalue weighted by Gasteiger charge is 2.56. The van der Waals surface area contributed by atoms with Gasteiger partial charge in [0, 0.05) is 12.5 Å². The molecule has 2 heterocycles. The Morgan fingerprint density at radius 1 is 1.12 bits per heavy atom. The second-order valence-corrected chi connectivity index (χ2v) is 12.2. The molecule has 7 heteroatoms. The van der Waals surface area contributed by atoms with Crippen LogP contribution in [-0.2, 0) is 14.3 Å². The van der Waals surface area contributed by atoms with Crippen molar-refractivity contribution in [1.82, 2.24) is 4.90 Å². The van der Waals surface area contributed by atoms with Gasteiger partial charge in [0.15, 0.2) is 11.5 Å². The minimum atomic E-state index is -0.282. The van der Waals surface area contributed by atoms with Crippen molar-refractivity contribution in [2.24, 2.45) is 17.8 Å². The predicted octanol–water partition coefficient (Wildman–Crippen LogP) is 6.85. The number of phenolic OH excluding ortho intramolecular Hbond substituents is 1. The van der Waals surface area contributed by atoms with Gasteiger partial charge >= 0.3 is 0 Å². The number of rotatable bonds is 10. The third kappa shape index (κ3) is 5.47. The van der Waals surface area contributed by atoms with Gasteiger partial charge in [-0.3, -0.25) is 14.5 Å². The summed E-state index contributed by atoms with van der Waals surface area (Å²) < 4.78 is 12.6. The van der Waals surface area contributed by atoms with Crippen LogP contribution >= 0.6 is 22.6 Å². The zero-order valence-corrected chi connectivity index (χ0v) is 25.6. The number of likely N-dealkylation sites (tertiary alicyclic amines) is 1. The van der Waals surface area contributed by atoms with Crippen molar-refractivity contribution in [3.8, 4) is 11.5 Å². The van der Waals surface area contributed by atoms with E-state index in [0.29, 0.717) is 25.3 Å². The molecule has 1 aliphatic carbocycles. The summed E-state index contributed by atoms with van der Waals surface area (Å²) in [4.78, 5) is 28.1. The monoisotopic (exact) mass is 655 g/mol. The zero-order valence-electron chi connectivity index (χ0n) is 23.5. The number of methoxy groups -OCH3 is 1. The van der Waals surface area contributed by atoms with Gasteiger partial charge in [-0.25, -0.2) is 0 Å². The molecule has 2 aliphatic heterocycles. The quantitative estimate of drug-likeness (QED) is 0.131. The first-order valence-electron chi connectivity index (χ1n) is 14.4. The first kappa shape index (κ1) is 28.9. The molecule has 4 atom stereocenters. The van der Waals surface area contributed by atoms with Crippen molar-refractivity contribution in [3.63, 3.8) is 0 Å². The molecule has 40 heavy (non-hydrogen) atoms. The summed E-state index contributed by atoms with van der Waals surface area (Å²) in [6.07, 6.45) is 7.09. The van der Waals surface area contributed by atoms with E-state index in [9.17, 15) is 14.7 Å². The summed E-state index contributed by atoms with van der Waals surface area (Å²) in [5.74, 6) is 0.0949. The number of halogens is 1. The Labute approximate surface area is 250 Å². The van der Waals surface area contributed by atoms with Gasteiger partial charge in [0.2, 0.25) is 11.8 Å². The number of carbonyl (C=O) groups excluding carboxylic acids is 2. The number of nitrogens with zero attached hydrogens (tertiary/aromatic N) is 1. The van der Waals surface area contributed by atoms with Crippen LogP contribution in [0.2, 0.25) is 0 Å². The Bertz CT molecular complexity index is 1330. The summed E-state index contributed by atoms with van der Waals surface area (Å²) >= 11 is 2.12. The van der Waals surface area contributed by atoms with Crippen molar-refractivity contribution < 1.29 is 24.2 Å². The molecule has 3 aliphatic rings. The average molecular weight is 656 g/mol. The molecular weight excluding hydrogens is 617 g/mol. The lowest BCUT2D eigenvalue weighted by atomic mass is 9.68. The van der Waals surface area contributed by atoms with E-state index in [1.54, 1.807) is 7.11 Å². The number of hydrogen-bond acceptors (Lipinski definition) is 5. The molecule has 5 rings (SSSR count). The molecule has 2 saturated heterocycles. The predicted molar refractivity (Wildman–Crippen MR) is 165 cm³/mol. The largest absolute Gasteiger partial charge is 0.504 e. The molecule has 0 aromatic heterocycles. The topological polar surface area (TPSA) is 76.1 Å². The fourth-order valence-electron chi connectivity index (χ4n) is 6.79. The lowest BCUT2D eigenvalue weighted by molar-refractivity contribution is -0.140. The van der Waals surface area contributed by atoms with Crippen LogP contribution in [0.1, 0.15) is 63.5 Å². The van der Waals surface area contributed by atoms with Crippen LogP contribution in [0.25, 0.3) is 11.6 Å². The zero-order chi connectivity index (χ0) is 28.4. The lowest BCUT2D eigenvalue weighted by Gasteiger charge is -2.32. The molecule has 0 unspecified atom stereocenters. The summed E-state index contributed by atoms with van der Waals surface area (Å²) in [6.45, 7) is 5.20. The molecule has 2 aromatic carbocycles. The standard InChI is InChI=1S/C33H38INO5/c1-4-9-23-18-24-30(33(38)35(14-5-2)32(24)37)25-19-40-27(29(23)25)13-12-22(21-10-7-6-8-11-21)15-20-16-26(34)31(36)28(17-20)39-3/h6-8,10-11,15-17,24-25,27,30,36H,4-5,9,12-14,18-19H2,1-3H3/b22-15-/t24-,25+,27-,30-/m1/s1. The van der Waals surface area contributed by atoms with E-state index in [-0.39, 0.29) is 41.4 Å². The molecule has 2 aromatic rings. The average Bonchev–Trinajstić information content (AvgIpc) is 3.48. The number of phenols is 1. The minimum absolute atomic E-state index is 0.0000932. The number of benzene rings is 2. The van der Waals surface area contributed by atoms with Gasteiger partial charge in [0.1, 0.15) is 0 Å². The molecule has 6 nitrogen and oxygen atoms in total. The molecule has 0 saturated carbocycles. The number of imide groups is 1. The fraction of sp³-hybridized carbons (Fsp3) is 0.455. The van der Waals surface area contributed by atoms with Gasteiger partial charge < -0.3 is 14.6 Å². The van der Waals surface area contributed by atoms with Crippen LogP contribution in [0.5, 0.6) is 11.5 Å². The third-order valence-electron chi connectivity index (χ3n) is 8.53. The van der Waals surface area contributed by atoms with Crippen molar-refractivity contribution >= 4 is 46.1 Å². The Balaban J connectivity index is 1.44. The summed E-state index contributed by atoms with van der Waals surface area (Å²) in [6, 6.07) is 14.1. The number of aromatic hydroxyl groups is 1. The van der Waals surface area contributed by atoms with Crippen LogP contribution in [0.3, 0.4) is 0 Å². The Hall–Kier alpha value is -2.65. The number of amides is 2. The molecule has 212 valence electrons. The van der Waals surface area contributed by atoms with Crippen LogP contribution in [0.4, 0.5) is 0 Å². The van der Waals surface area contributed by atoms with E-state index < -0.39 is 0 Å². The maximum Gasteiger partial charge on any atom is 0.233 e. The van der Waals surface area contributed by atoms with E-state index in [0.717, 1.165) is 46.8 Å². The Morgan fingerprint density at radius 3 is 2.60 bits per heavy atom. The van der Waals surface area contributed by atoms with Gasteiger partial charge in [-0.2, -0.15) is 0 Å². The van der Waals surface area contributed by atoms with Gasteiger partial charge in [-0.05, 0) is 89.1 Å². The maximum atomic E-state index is 13.4. The molecular formula is C33H38INO5. The highest BCUT2D eigenvalue weighted by atomic mass is 127. The van der Waals surface area contributed by atoms with Crippen LogP contribution in [0, 0.1) is 21.3 Å². The third-order valence-corrected chi connectivity index (χ3v) is 9.35. The molecule has 2 fully saturated rings. The van der Waals surface area contributed by atoms with Crippen molar-refractivity contribution in [3.05, 3.63) is 68.3 Å².